The van der Waals surface area contributed by atoms with Gasteiger partial charge < -0.3 is 5.11 Å². The number of hydrogen-bond acceptors (Lipinski definition) is 1. The second-order valence-corrected chi connectivity index (χ2v) is 3.02. The van der Waals surface area contributed by atoms with Gasteiger partial charge in [0.05, 0.1) is 6.61 Å². The van der Waals surface area contributed by atoms with Crippen molar-refractivity contribution in [3.05, 3.63) is 34.4 Å². The first-order valence-electron chi connectivity index (χ1n) is 3.82. The summed E-state index contributed by atoms with van der Waals surface area (Å²) in [6, 6.07) is 4.16. The monoisotopic (exact) mass is 150 g/mol. The Bertz CT molecular complexity index is 264. The average Bonchev–Trinajstić information content (AvgIpc) is 1.97. The molecule has 0 saturated carbocycles. The van der Waals surface area contributed by atoms with E-state index in [0.717, 1.165) is 5.56 Å². The van der Waals surface area contributed by atoms with Crippen molar-refractivity contribution in [2.75, 3.05) is 0 Å². The lowest BCUT2D eigenvalue weighted by Gasteiger charge is -2.06. The Labute approximate surface area is 67.7 Å². The summed E-state index contributed by atoms with van der Waals surface area (Å²) in [5.41, 5.74) is 4.75. The highest BCUT2D eigenvalue weighted by atomic mass is 16.3. The predicted octanol–water partition coefficient (Wildman–Crippen LogP) is 2.10. The summed E-state index contributed by atoms with van der Waals surface area (Å²) < 4.78 is 0. The lowest BCUT2D eigenvalue weighted by Crippen LogP contribution is -1.91. The molecule has 0 fully saturated rings. The molecule has 1 heteroatoms. The Kier molecular flexibility index (Phi) is 2.30. The van der Waals surface area contributed by atoms with E-state index in [1.165, 1.54) is 16.7 Å². The van der Waals surface area contributed by atoms with Crippen molar-refractivity contribution in [3.8, 4) is 0 Å². The molecule has 0 aliphatic heterocycles. The lowest BCUT2D eigenvalue weighted by atomic mass is 10.0. The van der Waals surface area contributed by atoms with Crippen LogP contribution >= 0.6 is 0 Å². The first-order chi connectivity index (χ1) is 5.15. The third-order valence-corrected chi connectivity index (χ3v) is 2.12. The van der Waals surface area contributed by atoms with Crippen LogP contribution in [0.4, 0.5) is 0 Å². The van der Waals surface area contributed by atoms with Gasteiger partial charge >= 0.3 is 0 Å². The molecule has 0 radical (unpaired) electrons. The minimum atomic E-state index is 0.146. The van der Waals surface area contributed by atoms with E-state index in [0.29, 0.717) is 0 Å². The van der Waals surface area contributed by atoms with Crippen LogP contribution in [0.25, 0.3) is 0 Å². The Morgan fingerprint density at radius 1 is 1.00 bits per heavy atom. The maximum atomic E-state index is 8.93. The van der Waals surface area contributed by atoms with Crippen LogP contribution in [0.1, 0.15) is 22.3 Å². The van der Waals surface area contributed by atoms with Gasteiger partial charge in [-0.1, -0.05) is 12.1 Å². The van der Waals surface area contributed by atoms with E-state index in [1.54, 1.807) is 0 Å². The molecule has 0 amide bonds. The third-order valence-electron chi connectivity index (χ3n) is 2.12. The zero-order valence-corrected chi connectivity index (χ0v) is 7.31. The SMILES string of the molecule is Cc1cc(C)c(CO)cc1C. The maximum Gasteiger partial charge on any atom is 0.0684 e. The van der Waals surface area contributed by atoms with Crippen LogP contribution in [0.3, 0.4) is 0 Å². The van der Waals surface area contributed by atoms with Gasteiger partial charge in [0, 0.05) is 0 Å². The van der Waals surface area contributed by atoms with Crippen LogP contribution in [-0.4, -0.2) is 5.11 Å². The van der Waals surface area contributed by atoms with Gasteiger partial charge in [-0.05, 0) is 43.0 Å². The van der Waals surface area contributed by atoms with E-state index in [-0.39, 0.29) is 6.61 Å². The topological polar surface area (TPSA) is 20.2 Å². The van der Waals surface area contributed by atoms with Gasteiger partial charge in [0.15, 0.2) is 0 Å². The van der Waals surface area contributed by atoms with E-state index in [4.69, 9.17) is 5.11 Å². The highest BCUT2D eigenvalue weighted by Crippen LogP contribution is 2.14. The molecule has 0 aromatic heterocycles. The largest absolute Gasteiger partial charge is 0.392 e. The molecule has 0 aliphatic rings. The molecule has 0 atom stereocenters. The average molecular weight is 150 g/mol. The lowest BCUT2D eigenvalue weighted by molar-refractivity contribution is 0.281. The van der Waals surface area contributed by atoms with Gasteiger partial charge in [-0.2, -0.15) is 0 Å². The minimum Gasteiger partial charge on any atom is -0.392 e. The quantitative estimate of drug-likeness (QED) is 0.650. The summed E-state index contributed by atoms with van der Waals surface area (Å²) in [6.45, 7) is 6.32. The van der Waals surface area contributed by atoms with Crippen LogP contribution < -0.4 is 0 Å². The van der Waals surface area contributed by atoms with Crippen LogP contribution in [-0.2, 0) is 6.61 Å². The van der Waals surface area contributed by atoms with Gasteiger partial charge in [-0.3, -0.25) is 0 Å². The highest BCUT2D eigenvalue weighted by molar-refractivity contribution is 5.35. The third kappa shape index (κ3) is 1.60. The number of aliphatic hydroxyl groups is 1. The van der Waals surface area contributed by atoms with E-state index in [9.17, 15) is 0 Å². The Hall–Kier alpha value is -0.820. The fourth-order valence-electron chi connectivity index (χ4n) is 1.19. The van der Waals surface area contributed by atoms with Crippen molar-refractivity contribution in [1.82, 2.24) is 0 Å². The molecule has 1 N–H and O–H groups in total. The van der Waals surface area contributed by atoms with E-state index >= 15 is 0 Å². The standard InChI is InChI=1S/C10H14O/c1-7-4-9(3)10(6-11)5-8(7)2/h4-5,11H,6H2,1-3H3. The number of hydrogen-bond donors (Lipinski definition) is 1. The molecule has 1 rings (SSSR count). The zero-order valence-electron chi connectivity index (χ0n) is 7.31. The van der Waals surface area contributed by atoms with Crippen molar-refractivity contribution in [2.45, 2.75) is 27.4 Å². The van der Waals surface area contributed by atoms with Gasteiger partial charge in [-0.15, -0.1) is 0 Å². The summed E-state index contributed by atoms with van der Waals surface area (Å²) in [7, 11) is 0. The smallest absolute Gasteiger partial charge is 0.0684 e. The van der Waals surface area contributed by atoms with Gasteiger partial charge in [0.25, 0.3) is 0 Å². The van der Waals surface area contributed by atoms with Crippen LogP contribution in [0.5, 0.6) is 0 Å². The molecule has 0 unspecified atom stereocenters. The van der Waals surface area contributed by atoms with Crippen molar-refractivity contribution < 1.29 is 5.11 Å². The Morgan fingerprint density at radius 3 is 2.09 bits per heavy atom. The molecule has 60 valence electrons. The summed E-state index contributed by atoms with van der Waals surface area (Å²) in [5, 5.41) is 8.93. The fraction of sp³-hybridized carbons (Fsp3) is 0.400. The summed E-state index contributed by atoms with van der Waals surface area (Å²) in [5.74, 6) is 0. The molecule has 0 saturated heterocycles. The molecule has 0 spiro atoms. The summed E-state index contributed by atoms with van der Waals surface area (Å²) >= 11 is 0. The highest BCUT2D eigenvalue weighted by Gasteiger charge is 1.99. The Morgan fingerprint density at radius 2 is 1.55 bits per heavy atom. The van der Waals surface area contributed by atoms with Crippen molar-refractivity contribution in [3.63, 3.8) is 0 Å². The predicted molar refractivity (Wildman–Crippen MR) is 46.6 cm³/mol. The van der Waals surface area contributed by atoms with E-state index in [2.05, 4.69) is 19.9 Å². The number of aliphatic hydroxyl groups excluding tert-OH is 1. The second kappa shape index (κ2) is 3.05. The number of rotatable bonds is 1. The fourth-order valence-corrected chi connectivity index (χ4v) is 1.19. The van der Waals surface area contributed by atoms with Crippen LogP contribution in [0, 0.1) is 20.8 Å². The first-order valence-corrected chi connectivity index (χ1v) is 3.82. The molecule has 0 bridgehead atoms. The van der Waals surface area contributed by atoms with E-state index in [1.807, 2.05) is 13.0 Å². The summed E-state index contributed by atoms with van der Waals surface area (Å²) in [6.07, 6.45) is 0. The van der Waals surface area contributed by atoms with Crippen LogP contribution in [0.2, 0.25) is 0 Å². The number of benzene rings is 1. The molecular weight excluding hydrogens is 136 g/mol. The first kappa shape index (κ1) is 8.28. The van der Waals surface area contributed by atoms with Gasteiger partial charge in [-0.25, -0.2) is 0 Å². The van der Waals surface area contributed by atoms with Crippen molar-refractivity contribution >= 4 is 0 Å². The van der Waals surface area contributed by atoms with Crippen molar-refractivity contribution in [1.29, 1.82) is 0 Å². The van der Waals surface area contributed by atoms with Gasteiger partial charge in [0.1, 0.15) is 0 Å². The van der Waals surface area contributed by atoms with Crippen molar-refractivity contribution in [2.24, 2.45) is 0 Å². The minimum absolute atomic E-state index is 0.146. The number of aryl methyl sites for hydroxylation is 3. The van der Waals surface area contributed by atoms with E-state index < -0.39 is 0 Å². The normalized spacial score (nSPS) is 10.2. The second-order valence-electron chi connectivity index (χ2n) is 3.02. The molecule has 0 heterocycles. The molecular formula is C10H14O. The summed E-state index contributed by atoms with van der Waals surface area (Å²) in [4.78, 5) is 0. The maximum absolute atomic E-state index is 8.93. The molecule has 1 nitrogen and oxygen atoms in total. The Balaban J connectivity index is 3.21. The molecule has 0 aliphatic carbocycles. The molecule has 1 aromatic rings. The molecule has 1 aromatic carbocycles. The van der Waals surface area contributed by atoms with Crippen LogP contribution in [0.15, 0.2) is 12.1 Å². The molecule has 11 heavy (non-hydrogen) atoms. The zero-order chi connectivity index (χ0) is 8.43. The van der Waals surface area contributed by atoms with Gasteiger partial charge in [0.2, 0.25) is 0 Å².